The van der Waals surface area contributed by atoms with Crippen molar-refractivity contribution in [3.05, 3.63) is 413 Å². The zero-order valence-corrected chi connectivity index (χ0v) is 76.7. The predicted octanol–water partition coefficient (Wildman–Crippen LogP) is 26.3. The number of H-pyrrole nitrogens is 1. The van der Waals surface area contributed by atoms with Crippen LogP contribution in [0.4, 0.5) is 17.1 Å². The number of aliphatic hydroxyl groups excluding tert-OH is 1. The third-order valence-corrected chi connectivity index (χ3v) is 21.7. The molecule has 2 radical (unpaired) electrons. The minimum atomic E-state index is -0.316. The fourth-order valence-electron chi connectivity index (χ4n) is 16.0. The molecule has 0 amide bonds. The number of aliphatic hydroxyl groups is 1. The Bertz CT molecular complexity index is 6280. The second kappa shape index (κ2) is 39.0. The fourth-order valence-corrected chi connectivity index (χ4v) is 16.0. The molecule has 17 aromatic rings. The fraction of sp³-hybridized carbons (Fsp3) is 0.139. The first-order chi connectivity index (χ1) is 57.1. The quantitative estimate of drug-likeness (QED) is 0.0737. The first kappa shape index (κ1) is 88.2. The van der Waals surface area contributed by atoms with E-state index in [4.69, 9.17) is 15.1 Å². The number of rotatable bonds is 11. The zero-order valence-electron chi connectivity index (χ0n) is 69.6. The maximum absolute atomic E-state index is 10.0. The van der Waals surface area contributed by atoms with E-state index < -0.39 is 0 Å². The Hall–Kier alpha value is -12.1. The maximum Gasteiger partial charge on any atom is 2.00 e. The number of aromatic amines is 1. The van der Waals surface area contributed by atoms with E-state index in [-0.39, 0.29) is 83.6 Å². The Labute approximate surface area is 752 Å². The molecule has 0 saturated heterocycles. The van der Waals surface area contributed by atoms with E-state index in [1.165, 1.54) is 114 Å². The first-order valence-electron chi connectivity index (χ1n) is 39.8. The van der Waals surface area contributed by atoms with Gasteiger partial charge in [-0.05, 0) is 168 Å². The molecule has 0 saturated carbocycles. The summed E-state index contributed by atoms with van der Waals surface area (Å²) in [6.07, 6.45) is 11.5. The molecule has 121 heavy (non-hydrogen) atoms. The van der Waals surface area contributed by atoms with Gasteiger partial charge in [0.05, 0.1) is 28.2 Å². The van der Waals surface area contributed by atoms with E-state index in [2.05, 4.69) is 305 Å². The van der Waals surface area contributed by atoms with Crippen molar-refractivity contribution in [3.8, 4) is 89.9 Å². The van der Waals surface area contributed by atoms with E-state index in [1.54, 1.807) is 6.20 Å². The molecule has 0 spiro atoms. The van der Waals surface area contributed by atoms with Gasteiger partial charge in [0.25, 0.3) is 0 Å². The van der Waals surface area contributed by atoms with Crippen LogP contribution in [0.5, 0.6) is 0 Å². The van der Waals surface area contributed by atoms with Gasteiger partial charge in [-0.3, -0.25) is 9.78 Å². The summed E-state index contributed by atoms with van der Waals surface area (Å²) in [7, 11) is 0. The monoisotopic (exact) mass is 2110 g/mol. The first-order valence-corrected chi connectivity index (χ1v) is 39.8. The van der Waals surface area contributed by atoms with Crippen LogP contribution in [-0.4, -0.2) is 45.8 Å². The molecule has 10 nitrogen and oxygen atoms in total. The van der Waals surface area contributed by atoms with Gasteiger partial charge in [-0.15, -0.1) is 166 Å². The zero-order chi connectivity index (χ0) is 82.2. The average Bonchev–Trinajstić information content (AvgIpc) is 1.59. The van der Waals surface area contributed by atoms with Crippen LogP contribution in [0.25, 0.3) is 112 Å². The van der Waals surface area contributed by atoms with Crippen molar-refractivity contribution in [3.63, 3.8) is 0 Å². The van der Waals surface area contributed by atoms with Crippen molar-refractivity contribution in [1.29, 1.82) is 0 Å². The Kier molecular flexibility index (Phi) is 28.4. The number of benzene rings is 11. The number of para-hydroxylation sites is 2. The third-order valence-electron chi connectivity index (χ3n) is 21.7. The van der Waals surface area contributed by atoms with Gasteiger partial charge in [0, 0.05) is 121 Å². The molecule has 0 fully saturated rings. The molecule has 0 unspecified atom stereocenters. The van der Waals surface area contributed by atoms with Crippen molar-refractivity contribution in [2.75, 3.05) is 4.90 Å². The molecule has 2 aliphatic rings. The second-order valence-electron chi connectivity index (χ2n) is 31.3. The van der Waals surface area contributed by atoms with Crippen molar-refractivity contribution in [2.45, 2.75) is 100 Å². The Morgan fingerprint density at radius 3 is 1.44 bits per heavy atom. The summed E-state index contributed by atoms with van der Waals surface area (Å²) >= 11 is 0. The number of allylic oxidation sites excluding steroid dienone is 2. The minimum Gasteiger partial charge on any atom is -0.512 e. The Morgan fingerprint density at radius 1 is 0.438 bits per heavy atom. The topological polar surface area (TPSA) is 134 Å². The van der Waals surface area contributed by atoms with Gasteiger partial charge >= 0.3 is 21.1 Å². The molecule has 19 rings (SSSR count). The number of aromatic nitrogens is 7. The van der Waals surface area contributed by atoms with Crippen LogP contribution in [-0.2, 0) is 83.3 Å². The molecule has 13 heteroatoms. The summed E-state index contributed by atoms with van der Waals surface area (Å²) in [4.78, 5) is 44.4. The van der Waals surface area contributed by atoms with Gasteiger partial charge in [0.2, 0.25) is 0 Å². The SMILES string of the molecule is CC(=O)C=C(C)O.CC1(C)c2cc(N(c3[c-]c(-c4ccccn4)ccc3)c3[c-]c(-c4ccccn4)ccc3)cc(c2)C(C)(C)c2cccc3c2[nH]c2c1cccc23.Cc1[c-]c(-c2ncc(-c3c(C)cccc3C)nc2-c2cc(C)cc(C)c2)cc(C)c1.[Ir].[Ir].[Pt+2].[c-]1ccccc1-c1cc2c(cn1)-c1ccccc1C2.[c-]1ccccc1-c1ccccn1. The van der Waals surface area contributed by atoms with Gasteiger partial charge in [0.1, 0.15) is 0 Å². The summed E-state index contributed by atoms with van der Waals surface area (Å²) in [5.74, 6) is -0.0625. The van der Waals surface area contributed by atoms with Gasteiger partial charge in [-0.2, -0.15) is 0 Å². The molecule has 1 aliphatic carbocycles. The number of carbonyl (C=O) groups excluding carboxylic acids is 1. The van der Waals surface area contributed by atoms with Crippen molar-refractivity contribution < 1.29 is 71.2 Å². The van der Waals surface area contributed by atoms with E-state index in [0.717, 1.165) is 108 Å². The predicted molar refractivity (Wildman–Crippen MR) is 483 cm³/mol. The number of pyridine rings is 4. The van der Waals surface area contributed by atoms with Crippen molar-refractivity contribution >= 4 is 44.7 Å². The molecule has 0 atom stereocenters. The number of nitrogens with zero attached hydrogens (tertiary/aromatic N) is 7. The average molecular weight is 2110 g/mol. The van der Waals surface area contributed by atoms with E-state index in [9.17, 15) is 4.79 Å². The molecule has 11 aromatic carbocycles. The van der Waals surface area contributed by atoms with Crippen LogP contribution in [0.1, 0.15) is 108 Å². The van der Waals surface area contributed by atoms with Crippen LogP contribution in [0.3, 0.4) is 0 Å². The molecule has 7 heterocycles. The van der Waals surface area contributed by atoms with E-state index >= 15 is 0 Å². The summed E-state index contributed by atoms with van der Waals surface area (Å²) in [6.45, 7) is 24.9. The molecule has 6 aromatic heterocycles. The van der Waals surface area contributed by atoms with E-state index in [1.807, 2.05) is 122 Å². The summed E-state index contributed by atoms with van der Waals surface area (Å²) in [5, 5.41) is 10.9. The number of aryl methyl sites for hydroxylation is 6. The number of hydrogen-bond acceptors (Lipinski definition) is 9. The number of hydrogen-bond donors (Lipinski definition) is 2. The second-order valence-corrected chi connectivity index (χ2v) is 31.3. The number of anilines is 3. The van der Waals surface area contributed by atoms with Crippen LogP contribution < -0.4 is 4.90 Å². The molecular weight excluding hydrogens is 2020 g/mol. The summed E-state index contributed by atoms with van der Waals surface area (Å²) in [6, 6.07) is 112. The third kappa shape index (κ3) is 19.8. The van der Waals surface area contributed by atoms with Gasteiger partial charge in [-0.1, -0.05) is 198 Å². The molecule has 2 N–H and O–H groups in total. The smallest absolute Gasteiger partial charge is 0.512 e. The van der Waals surface area contributed by atoms with Crippen LogP contribution in [0, 0.1) is 71.9 Å². The normalized spacial score (nSPS) is 12.1. The number of fused-ring (bicyclic) bond motifs is 6. The molecule has 1 aliphatic heterocycles. The number of ketones is 1. The standard InChI is InChI=1S/C46H36N4.C28H27N2.C18H12N.C11H8N.C5H8O2.2Ir.Pt/c1-45(2)32-27-33(46(3,4)40-20-12-18-38-37-17-11-19-39(45)43(37)49-44(38)40)29-36(28-32)50(34-15-9-13-30(25-34)41-21-5-7-23-47-41)35-16-10-14-31(26-35)42-22-6-8-24-48-42;1-17-10-18(2)13-23(12-17)27-28(24-14-19(3)11-20(4)15-24)30-25(16-29-27)26-21(5)8-7-9-22(26)6;1-2-6-13(7-3-1)18-11-15-10-14-8-4-5-9-16(14)17(15)12-19-18;1-2-6-10(7-3-1)11-8-4-5-9-12-11;1-4(6)3-5(2)7;;;/h5-24,27-29,49H,1-4H3;7-12,14-16H,1-6H3;1-6,8-9,11-12H,10H2;1-6,8-9H;3,6H,1-2H3;;;/q-2;3*-1;;;;+2. The minimum absolute atomic E-state index is 0. The van der Waals surface area contributed by atoms with Crippen molar-refractivity contribution in [1.82, 2.24) is 34.9 Å². The molecule has 4 bridgehead atoms. The summed E-state index contributed by atoms with van der Waals surface area (Å²) < 4.78 is 0. The van der Waals surface area contributed by atoms with Crippen molar-refractivity contribution in [2.24, 2.45) is 0 Å². The summed E-state index contributed by atoms with van der Waals surface area (Å²) in [5.41, 5.74) is 35.8. The largest absolute Gasteiger partial charge is 2.00 e. The van der Waals surface area contributed by atoms with Gasteiger partial charge in [0.15, 0.2) is 5.78 Å². The molecular formula is C108H91Ir2N8O2Pt-3. The Balaban J connectivity index is 0.000000159. The maximum atomic E-state index is 10.0. The molecule has 606 valence electrons. The number of nitrogens with one attached hydrogen (secondary N) is 1. The number of carbonyl (C=O) groups is 1. The van der Waals surface area contributed by atoms with Gasteiger partial charge in [-0.25, -0.2) is 0 Å². The Morgan fingerprint density at radius 2 is 0.934 bits per heavy atom. The van der Waals surface area contributed by atoms with E-state index in [0.29, 0.717) is 0 Å². The van der Waals surface area contributed by atoms with Crippen LogP contribution in [0.2, 0.25) is 0 Å². The van der Waals surface area contributed by atoms with Crippen LogP contribution >= 0.6 is 0 Å². The van der Waals surface area contributed by atoms with Gasteiger partial charge < -0.3 is 39.9 Å². The van der Waals surface area contributed by atoms with Crippen LogP contribution in [0.15, 0.2) is 316 Å².